The lowest BCUT2D eigenvalue weighted by Gasteiger charge is -2.35. The largest absolute Gasteiger partial charge is 0.389 e. The zero-order valence-electron chi connectivity index (χ0n) is 10.9. The first-order chi connectivity index (χ1) is 8.11. The van der Waals surface area contributed by atoms with Crippen LogP contribution < -0.4 is 0 Å². The molecule has 0 bridgehead atoms. The quantitative estimate of drug-likeness (QED) is 0.872. The van der Waals surface area contributed by atoms with Crippen molar-refractivity contribution < 1.29 is 5.11 Å². The predicted molar refractivity (Wildman–Crippen MR) is 66.5 cm³/mol. The SMILES string of the molecule is CCCC1CCC(O)(Cc2cn(C)nn2)CC1. The average Bonchev–Trinajstić information content (AvgIpc) is 2.68. The highest BCUT2D eigenvalue weighted by Crippen LogP contribution is 2.36. The molecule has 0 unspecified atom stereocenters. The van der Waals surface area contributed by atoms with Crippen molar-refractivity contribution >= 4 is 0 Å². The third-order valence-electron chi connectivity index (χ3n) is 3.89. The molecule has 2 rings (SSSR count). The van der Waals surface area contributed by atoms with E-state index in [2.05, 4.69) is 17.2 Å². The fourth-order valence-corrected chi connectivity index (χ4v) is 2.90. The maximum Gasteiger partial charge on any atom is 0.0855 e. The summed E-state index contributed by atoms with van der Waals surface area (Å²) in [6.07, 6.45) is 9.25. The van der Waals surface area contributed by atoms with E-state index in [1.165, 1.54) is 12.8 Å². The first-order valence-electron chi connectivity index (χ1n) is 6.69. The molecule has 0 radical (unpaired) electrons. The van der Waals surface area contributed by atoms with Gasteiger partial charge in [0.05, 0.1) is 11.3 Å². The second-order valence-corrected chi connectivity index (χ2v) is 5.52. The van der Waals surface area contributed by atoms with Gasteiger partial charge in [-0.1, -0.05) is 25.0 Å². The summed E-state index contributed by atoms with van der Waals surface area (Å²) in [5, 5.41) is 18.5. The van der Waals surface area contributed by atoms with Gasteiger partial charge in [-0.05, 0) is 31.6 Å². The van der Waals surface area contributed by atoms with Crippen molar-refractivity contribution in [3.05, 3.63) is 11.9 Å². The molecule has 4 nitrogen and oxygen atoms in total. The molecule has 4 heteroatoms. The van der Waals surface area contributed by atoms with Crippen LogP contribution in [0, 0.1) is 5.92 Å². The minimum Gasteiger partial charge on any atom is -0.389 e. The molecular weight excluding hydrogens is 214 g/mol. The van der Waals surface area contributed by atoms with Crippen molar-refractivity contribution in [2.75, 3.05) is 0 Å². The summed E-state index contributed by atoms with van der Waals surface area (Å²) < 4.78 is 1.70. The summed E-state index contributed by atoms with van der Waals surface area (Å²) in [4.78, 5) is 0. The molecule has 1 aliphatic carbocycles. The molecule has 96 valence electrons. The number of rotatable bonds is 4. The molecule has 17 heavy (non-hydrogen) atoms. The van der Waals surface area contributed by atoms with E-state index in [0.29, 0.717) is 6.42 Å². The van der Waals surface area contributed by atoms with Crippen molar-refractivity contribution in [2.24, 2.45) is 13.0 Å². The number of aliphatic hydroxyl groups is 1. The summed E-state index contributed by atoms with van der Waals surface area (Å²) in [6.45, 7) is 2.24. The van der Waals surface area contributed by atoms with Crippen LogP contribution in [0.1, 0.15) is 51.1 Å². The van der Waals surface area contributed by atoms with Gasteiger partial charge in [-0.3, -0.25) is 4.68 Å². The Morgan fingerprint density at radius 3 is 2.71 bits per heavy atom. The van der Waals surface area contributed by atoms with Gasteiger partial charge >= 0.3 is 0 Å². The highest BCUT2D eigenvalue weighted by Gasteiger charge is 2.33. The van der Waals surface area contributed by atoms with Gasteiger partial charge in [-0.2, -0.15) is 0 Å². The fraction of sp³-hybridized carbons (Fsp3) is 0.846. The minimum atomic E-state index is -0.541. The van der Waals surface area contributed by atoms with E-state index in [0.717, 1.165) is 37.3 Å². The summed E-state index contributed by atoms with van der Waals surface area (Å²) >= 11 is 0. The molecule has 1 heterocycles. The predicted octanol–water partition coefficient (Wildman–Crippen LogP) is 2.08. The normalized spacial score (nSPS) is 29.5. The van der Waals surface area contributed by atoms with E-state index in [4.69, 9.17) is 0 Å². The van der Waals surface area contributed by atoms with Gasteiger partial charge < -0.3 is 5.11 Å². The van der Waals surface area contributed by atoms with E-state index < -0.39 is 5.60 Å². The number of aryl methyl sites for hydroxylation is 1. The first kappa shape index (κ1) is 12.6. The van der Waals surface area contributed by atoms with Crippen LogP contribution in [0.25, 0.3) is 0 Å². The molecule has 1 aromatic rings. The van der Waals surface area contributed by atoms with Crippen molar-refractivity contribution in [3.8, 4) is 0 Å². The molecule has 0 aromatic carbocycles. The van der Waals surface area contributed by atoms with Gasteiger partial charge in [0.25, 0.3) is 0 Å². The van der Waals surface area contributed by atoms with Crippen molar-refractivity contribution in [2.45, 2.75) is 57.5 Å². The number of nitrogens with zero attached hydrogens (tertiary/aromatic N) is 3. The second kappa shape index (κ2) is 5.17. The van der Waals surface area contributed by atoms with E-state index in [9.17, 15) is 5.11 Å². The monoisotopic (exact) mass is 237 g/mol. The molecule has 0 atom stereocenters. The molecule has 0 spiro atoms. The lowest BCUT2D eigenvalue weighted by Crippen LogP contribution is -2.36. The Bertz CT molecular complexity index is 353. The lowest BCUT2D eigenvalue weighted by atomic mass is 9.75. The van der Waals surface area contributed by atoms with Crippen molar-refractivity contribution in [3.63, 3.8) is 0 Å². The van der Waals surface area contributed by atoms with Gasteiger partial charge in [0, 0.05) is 19.7 Å². The van der Waals surface area contributed by atoms with Crippen LogP contribution in [-0.2, 0) is 13.5 Å². The summed E-state index contributed by atoms with van der Waals surface area (Å²) in [5.41, 5.74) is 0.365. The van der Waals surface area contributed by atoms with Gasteiger partial charge in [-0.15, -0.1) is 5.10 Å². The maximum absolute atomic E-state index is 10.5. The first-order valence-corrected chi connectivity index (χ1v) is 6.69. The highest BCUT2D eigenvalue weighted by atomic mass is 16.3. The van der Waals surface area contributed by atoms with Gasteiger partial charge in [0.2, 0.25) is 0 Å². The number of hydrogen-bond donors (Lipinski definition) is 1. The zero-order valence-corrected chi connectivity index (χ0v) is 10.9. The molecule has 1 saturated carbocycles. The van der Waals surface area contributed by atoms with E-state index in [-0.39, 0.29) is 0 Å². The topological polar surface area (TPSA) is 50.9 Å². The van der Waals surface area contributed by atoms with Crippen molar-refractivity contribution in [1.29, 1.82) is 0 Å². The Kier molecular flexibility index (Phi) is 3.82. The summed E-state index contributed by atoms with van der Waals surface area (Å²) in [7, 11) is 1.86. The van der Waals surface area contributed by atoms with Crippen LogP contribution in [0.5, 0.6) is 0 Å². The maximum atomic E-state index is 10.5. The minimum absolute atomic E-state index is 0.541. The molecule has 0 aliphatic heterocycles. The Hall–Kier alpha value is -0.900. The molecule has 1 aliphatic rings. The van der Waals surface area contributed by atoms with E-state index in [1.54, 1.807) is 4.68 Å². The molecule has 1 aromatic heterocycles. The standard InChI is InChI=1S/C13H23N3O/c1-3-4-11-5-7-13(17,8-6-11)9-12-10-16(2)15-14-12/h10-11,17H,3-9H2,1-2H3. The fourth-order valence-electron chi connectivity index (χ4n) is 2.90. The Balaban J connectivity index is 1.89. The molecule has 0 amide bonds. The molecule has 1 fully saturated rings. The van der Waals surface area contributed by atoms with Gasteiger partial charge in [0.1, 0.15) is 0 Å². The summed E-state index contributed by atoms with van der Waals surface area (Å²) in [6, 6.07) is 0. The van der Waals surface area contributed by atoms with E-state index in [1.807, 2.05) is 13.2 Å². The van der Waals surface area contributed by atoms with Crippen molar-refractivity contribution in [1.82, 2.24) is 15.0 Å². The number of aromatic nitrogens is 3. The highest BCUT2D eigenvalue weighted by molar-refractivity contribution is 5.01. The Morgan fingerprint density at radius 2 is 2.18 bits per heavy atom. The van der Waals surface area contributed by atoms with Gasteiger partial charge in [0.15, 0.2) is 0 Å². The smallest absolute Gasteiger partial charge is 0.0855 e. The van der Waals surface area contributed by atoms with Gasteiger partial charge in [-0.25, -0.2) is 0 Å². The van der Waals surface area contributed by atoms with Crippen LogP contribution in [0.15, 0.2) is 6.20 Å². The van der Waals surface area contributed by atoms with Crippen LogP contribution in [-0.4, -0.2) is 25.7 Å². The Labute approximate surface area is 103 Å². The van der Waals surface area contributed by atoms with E-state index >= 15 is 0 Å². The number of hydrogen-bond acceptors (Lipinski definition) is 3. The summed E-state index contributed by atoms with van der Waals surface area (Å²) in [5.74, 6) is 0.821. The molecule has 1 N–H and O–H groups in total. The third-order valence-corrected chi connectivity index (χ3v) is 3.89. The molecular formula is C13H23N3O. The zero-order chi connectivity index (χ0) is 12.3. The lowest BCUT2D eigenvalue weighted by molar-refractivity contribution is -0.0106. The van der Waals surface area contributed by atoms with Crippen LogP contribution >= 0.6 is 0 Å². The third kappa shape index (κ3) is 3.28. The average molecular weight is 237 g/mol. The molecule has 0 saturated heterocycles. The second-order valence-electron chi connectivity index (χ2n) is 5.52. The van der Waals surface area contributed by atoms with Crippen LogP contribution in [0.3, 0.4) is 0 Å². The van der Waals surface area contributed by atoms with Crippen LogP contribution in [0.4, 0.5) is 0 Å². The Morgan fingerprint density at radius 1 is 1.47 bits per heavy atom. The van der Waals surface area contributed by atoms with Crippen LogP contribution in [0.2, 0.25) is 0 Å².